The highest BCUT2D eigenvalue weighted by Crippen LogP contribution is 2.16. The van der Waals surface area contributed by atoms with Crippen LogP contribution in [0.25, 0.3) is 0 Å². The lowest BCUT2D eigenvalue weighted by molar-refractivity contribution is 0.313. The second kappa shape index (κ2) is 6.00. The van der Waals surface area contributed by atoms with Gasteiger partial charge in [-0.1, -0.05) is 0 Å². The Hall–Kier alpha value is -0.710. The summed E-state index contributed by atoms with van der Waals surface area (Å²) in [5.41, 5.74) is 6.68. The second-order valence-electron chi connectivity index (χ2n) is 3.82. The van der Waals surface area contributed by atoms with Crippen LogP contribution < -0.4 is 5.73 Å². The summed E-state index contributed by atoms with van der Waals surface area (Å²) in [4.78, 5) is 10.7. The van der Waals surface area contributed by atoms with E-state index in [1.165, 1.54) is 6.42 Å². The first-order valence-corrected chi connectivity index (χ1v) is 5.06. The molecule has 1 aromatic rings. The van der Waals surface area contributed by atoms with Crippen molar-refractivity contribution in [3.63, 3.8) is 0 Å². The van der Waals surface area contributed by atoms with Crippen LogP contribution in [0.15, 0.2) is 18.6 Å². The molecule has 15 heavy (non-hydrogen) atoms. The third-order valence-electron chi connectivity index (χ3n) is 2.71. The van der Waals surface area contributed by atoms with E-state index < -0.39 is 0 Å². The van der Waals surface area contributed by atoms with Crippen molar-refractivity contribution in [2.75, 3.05) is 19.6 Å². The molecule has 1 atom stereocenters. The number of nitrogens with zero attached hydrogens (tertiary/aromatic N) is 3. The quantitative estimate of drug-likeness (QED) is 0.827. The van der Waals surface area contributed by atoms with Gasteiger partial charge in [0.1, 0.15) is 0 Å². The number of rotatable bonds is 3. The predicted molar refractivity (Wildman–Crippen MR) is 61.7 cm³/mol. The van der Waals surface area contributed by atoms with Crippen LogP contribution in [0.5, 0.6) is 0 Å². The van der Waals surface area contributed by atoms with Gasteiger partial charge in [0.2, 0.25) is 0 Å². The molecule has 2 rings (SSSR count). The molecule has 0 saturated carbocycles. The molecule has 0 amide bonds. The monoisotopic (exact) mass is 228 g/mol. The molecule has 84 valence electrons. The maximum atomic E-state index is 5.63. The molecule has 0 aromatic carbocycles. The molecule has 4 nitrogen and oxygen atoms in total. The van der Waals surface area contributed by atoms with Gasteiger partial charge in [-0.25, -0.2) is 0 Å². The Labute approximate surface area is 96.3 Å². The Balaban J connectivity index is 0.00000112. The molecule has 5 heteroatoms. The summed E-state index contributed by atoms with van der Waals surface area (Å²) in [7, 11) is 0. The Morgan fingerprint density at radius 3 is 2.93 bits per heavy atom. The van der Waals surface area contributed by atoms with Crippen molar-refractivity contribution in [2.45, 2.75) is 13.0 Å². The molecule has 1 aromatic heterocycles. The van der Waals surface area contributed by atoms with E-state index in [0.29, 0.717) is 5.92 Å². The highest BCUT2D eigenvalue weighted by molar-refractivity contribution is 5.85. The third kappa shape index (κ3) is 3.41. The van der Waals surface area contributed by atoms with E-state index in [4.69, 9.17) is 5.73 Å². The van der Waals surface area contributed by atoms with Crippen molar-refractivity contribution in [2.24, 2.45) is 11.7 Å². The highest BCUT2D eigenvalue weighted by Gasteiger charge is 2.21. The summed E-state index contributed by atoms with van der Waals surface area (Å²) in [6.07, 6.45) is 6.49. The van der Waals surface area contributed by atoms with E-state index in [1.54, 1.807) is 12.4 Å². The smallest absolute Gasteiger partial charge is 0.0726 e. The van der Waals surface area contributed by atoms with Crippen LogP contribution >= 0.6 is 12.4 Å². The van der Waals surface area contributed by atoms with Crippen molar-refractivity contribution in [3.05, 3.63) is 24.3 Å². The van der Waals surface area contributed by atoms with Gasteiger partial charge < -0.3 is 5.73 Å². The van der Waals surface area contributed by atoms with Crippen molar-refractivity contribution < 1.29 is 0 Å². The fraction of sp³-hybridized carbons (Fsp3) is 0.600. The summed E-state index contributed by atoms with van der Waals surface area (Å²) >= 11 is 0. The topological polar surface area (TPSA) is 55.0 Å². The molecule has 2 N–H and O–H groups in total. The minimum Gasteiger partial charge on any atom is -0.330 e. The van der Waals surface area contributed by atoms with Crippen LogP contribution in [0.2, 0.25) is 0 Å². The number of halogens is 1. The van der Waals surface area contributed by atoms with E-state index in [2.05, 4.69) is 14.9 Å². The van der Waals surface area contributed by atoms with Crippen molar-refractivity contribution in [1.82, 2.24) is 14.9 Å². The van der Waals surface area contributed by atoms with Crippen LogP contribution in [0, 0.1) is 5.92 Å². The van der Waals surface area contributed by atoms with Crippen LogP contribution in [0.4, 0.5) is 0 Å². The molecule has 1 saturated heterocycles. The number of hydrogen-bond acceptors (Lipinski definition) is 4. The van der Waals surface area contributed by atoms with Crippen LogP contribution in [-0.2, 0) is 6.54 Å². The molecule has 0 spiro atoms. The lowest BCUT2D eigenvalue weighted by Gasteiger charge is -2.14. The normalized spacial score (nSPS) is 21.3. The van der Waals surface area contributed by atoms with E-state index in [1.807, 2.05) is 6.20 Å². The SMILES string of the molecule is Cl.NCC1CCN(Cc2cnccn2)C1. The average Bonchev–Trinajstić information content (AvgIpc) is 2.67. The molecular formula is C10H17ClN4. The van der Waals surface area contributed by atoms with Gasteiger partial charge >= 0.3 is 0 Å². The van der Waals surface area contributed by atoms with Crippen molar-refractivity contribution in [3.8, 4) is 0 Å². The van der Waals surface area contributed by atoms with Crippen LogP contribution in [-0.4, -0.2) is 34.5 Å². The first kappa shape index (κ1) is 12.4. The van der Waals surface area contributed by atoms with E-state index in [0.717, 1.165) is 31.9 Å². The Morgan fingerprint density at radius 1 is 1.47 bits per heavy atom. The fourth-order valence-electron chi connectivity index (χ4n) is 1.89. The van der Waals surface area contributed by atoms with Crippen LogP contribution in [0.1, 0.15) is 12.1 Å². The van der Waals surface area contributed by atoms with Gasteiger partial charge in [0, 0.05) is 31.7 Å². The fourth-order valence-corrected chi connectivity index (χ4v) is 1.89. The van der Waals surface area contributed by atoms with Gasteiger partial charge in [0.05, 0.1) is 5.69 Å². The molecule has 1 unspecified atom stereocenters. The van der Waals surface area contributed by atoms with E-state index >= 15 is 0 Å². The zero-order valence-electron chi connectivity index (χ0n) is 8.67. The zero-order chi connectivity index (χ0) is 9.80. The van der Waals surface area contributed by atoms with Gasteiger partial charge in [-0.3, -0.25) is 14.9 Å². The molecule has 2 heterocycles. The molecule has 0 bridgehead atoms. The van der Waals surface area contributed by atoms with Gasteiger partial charge in [-0.15, -0.1) is 12.4 Å². The average molecular weight is 229 g/mol. The van der Waals surface area contributed by atoms with Gasteiger partial charge in [-0.05, 0) is 25.4 Å². The van der Waals surface area contributed by atoms with Gasteiger partial charge in [0.15, 0.2) is 0 Å². The zero-order valence-corrected chi connectivity index (χ0v) is 9.49. The Bertz CT molecular complexity index is 280. The molecule has 0 aliphatic carbocycles. The summed E-state index contributed by atoms with van der Waals surface area (Å²) in [6.45, 7) is 3.95. The first-order valence-electron chi connectivity index (χ1n) is 5.06. The summed E-state index contributed by atoms with van der Waals surface area (Å²) in [6, 6.07) is 0. The molecule has 0 radical (unpaired) electrons. The van der Waals surface area contributed by atoms with Crippen LogP contribution in [0.3, 0.4) is 0 Å². The number of hydrogen-bond donors (Lipinski definition) is 1. The largest absolute Gasteiger partial charge is 0.330 e. The van der Waals surface area contributed by atoms with Crippen molar-refractivity contribution in [1.29, 1.82) is 0 Å². The van der Waals surface area contributed by atoms with E-state index in [-0.39, 0.29) is 12.4 Å². The maximum Gasteiger partial charge on any atom is 0.0726 e. The van der Waals surface area contributed by atoms with Gasteiger partial charge in [-0.2, -0.15) is 0 Å². The number of likely N-dealkylation sites (tertiary alicyclic amines) is 1. The first-order chi connectivity index (χ1) is 6.88. The maximum absolute atomic E-state index is 5.63. The van der Waals surface area contributed by atoms with Gasteiger partial charge in [0.25, 0.3) is 0 Å². The molecular weight excluding hydrogens is 212 g/mol. The lowest BCUT2D eigenvalue weighted by Crippen LogP contribution is -2.23. The molecule has 1 aliphatic heterocycles. The minimum atomic E-state index is 0. The van der Waals surface area contributed by atoms with Crippen molar-refractivity contribution >= 4 is 12.4 Å². The summed E-state index contributed by atoms with van der Waals surface area (Å²) in [5, 5.41) is 0. The lowest BCUT2D eigenvalue weighted by atomic mass is 10.1. The molecule has 1 aliphatic rings. The standard InChI is InChI=1S/C10H16N4.ClH/c11-5-9-1-4-14(7-9)8-10-6-12-2-3-13-10;/h2-3,6,9H,1,4-5,7-8,11H2;1H. The number of aromatic nitrogens is 2. The number of nitrogens with two attached hydrogens (primary N) is 1. The Kier molecular flexibility index (Phi) is 4.94. The summed E-state index contributed by atoms with van der Waals surface area (Å²) < 4.78 is 0. The van der Waals surface area contributed by atoms with E-state index in [9.17, 15) is 0 Å². The highest BCUT2D eigenvalue weighted by atomic mass is 35.5. The Morgan fingerprint density at radius 2 is 2.33 bits per heavy atom. The predicted octanol–water partition coefficient (Wildman–Crippen LogP) is 0.679. The summed E-state index contributed by atoms with van der Waals surface area (Å²) in [5.74, 6) is 0.673. The second-order valence-corrected chi connectivity index (χ2v) is 3.82. The third-order valence-corrected chi connectivity index (χ3v) is 2.71. The minimum absolute atomic E-state index is 0. The molecule has 1 fully saturated rings.